The molecule has 1 unspecified atom stereocenters. The molecule has 0 radical (unpaired) electrons. The van der Waals surface area contributed by atoms with Crippen molar-refractivity contribution in [3.05, 3.63) is 89.8 Å². The third-order valence-corrected chi connectivity index (χ3v) is 10.0. The van der Waals surface area contributed by atoms with Crippen molar-refractivity contribution in [2.24, 2.45) is 5.84 Å². The van der Waals surface area contributed by atoms with Crippen LogP contribution in [-0.4, -0.2) is 119 Å². The summed E-state index contributed by atoms with van der Waals surface area (Å²) < 4.78 is 14.9. The number of nitrogens with two attached hydrogens (primary N) is 1. The summed E-state index contributed by atoms with van der Waals surface area (Å²) >= 11 is 0. The molecule has 1 amide bonds. The molecule has 0 bridgehead atoms. The molecule has 2 fully saturated rings. The SMILES string of the molecule is C=CS(=O)Nc1ccccc1-c1ccc(C(=O)N2CCC(O)(CN(C)ON(N)N3c4ccc(O[N-]CCN5CCN(C)CC5)cc43)CC2)cc1.[W].[W]. The van der Waals surface area contributed by atoms with E-state index in [0.717, 1.165) is 60.5 Å². The van der Waals surface area contributed by atoms with Crippen molar-refractivity contribution in [2.45, 2.75) is 18.4 Å². The maximum atomic E-state index is 13.3. The van der Waals surface area contributed by atoms with Crippen LogP contribution in [0.15, 0.2) is 78.7 Å². The van der Waals surface area contributed by atoms with Gasteiger partial charge in [-0.3, -0.25) is 4.79 Å². The Morgan fingerprint density at radius 2 is 1.73 bits per heavy atom. The standard InChI is InChI=1S/C35H46N9O5S.2W/c1-4-50(47)38-31-8-6-5-7-30(31)27-9-11-28(12-10-27)34(45)42-18-15-35(46,16-19-42)26-40(3)49-44(36)43-32-14-13-29(25-33(32)43)48-37-17-20-41-23-21-39(2)22-24-41;;/h4-14,25,38,46H,1,15-24,26,36H2,2-3H3;;/q-1;;. The van der Waals surface area contributed by atoms with E-state index in [1.165, 1.54) is 10.5 Å². The zero-order valence-corrected chi connectivity index (χ0v) is 36.1. The Kier molecular flexibility index (Phi) is 15.6. The van der Waals surface area contributed by atoms with Gasteiger partial charge < -0.3 is 34.8 Å². The number of nitrogens with zero attached hydrogens (tertiary/aromatic N) is 7. The van der Waals surface area contributed by atoms with Crippen LogP contribution >= 0.6 is 0 Å². The molecule has 14 nitrogen and oxygen atoms in total. The molecule has 52 heavy (non-hydrogen) atoms. The van der Waals surface area contributed by atoms with Crippen LogP contribution < -0.4 is 20.4 Å². The Labute approximate surface area is 336 Å². The van der Waals surface area contributed by atoms with Crippen LogP contribution in [0.25, 0.3) is 16.6 Å². The van der Waals surface area contributed by atoms with E-state index in [1.807, 2.05) is 54.6 Å². The first kappa shape index (κ1) is 42.2. The van der Waals surface area contributed by atoms with Crippen molar-refractivity contribution in [3.63, 3.8) is 0 Å². The number of carbonyl (C=O) groups is 1. The predicted octanol–water partition coefficient (Wildman–Crippen LogP) is 3.47. The van der Waals surface area contributed by atoms with Gasteiger partial charge in [0.05, 0.1) is 29.2 Å². The van der Waals surface area contributed by atoms with Gasteiger partial charge in [-0.1, -0.05) is 36.9 Å². The van der Waals surface area contributed by atoms with Gasteiger partial charge in [-0.2, -0.15) is 10.0 Å². The molecule has 0 aromatic heterocycles. The fourth-order valence-corrected chi connectivity index (χ4v) is 6.79. The molecule has 4 N–H and O–H groups in total. The largest absolute Gasteiger partial charge is 0.587 e. The minimum absolute atomic E-state index is 0. The predicted molar refractivity (Wildman–Crippen MR) is 195 cm³/mol. The zero-order chi connectivity index (χ0) is 35.3. The number of hydrogen-bond donors (Lipinski definition) is 3. The summed E-state index contributed by atoms with van der Waals surface area (Å²) in [5.74, 6) is 6.75. The van der Waals surface area contributed by atoms with Gasteiger partial charge in [0.2, 0.25) is 0 Å². The molecule has 0 saturated carbocycles. The van der Waals surface area contributed by atoms with Crippen LogP contribution in [0.4, 0.5) is 17.1 Å². The van der Waals surface area contributed by atoms with E-state index in [9.17, 15) is 14.1 Å². The molecule has 0 aliphatic carbocycles. The summed E-state index contributed by atoms with van der Waals surface area (Å²) in [6.45, 7) is 10.3. The summed E-state index contributed by atoms with van der Waals surface area (Å²) in [5.41, 5.74) is 7.94. The molecule has 17 heteroatoms. The van der Waals surface area contributed by atoms with Crippen molar-refractivity contribution in [2.75, 3.05) is 82.7 Å². The maximum absolute atomic E-state index is 13.3. The Morgan fingerprint density at radius 1 is 1.04 bits per heavy atom. The number of hydrazine groups is 2. The molecule has 3 heterocycles. The van der Waals surface area contributed by atoms with Crippen molar-refractivity contribution in [3.8, 4) is 16.9 Å². The molecule has 280 valence electrons. The number of aliphatic hydroxyl groups is 1. The molecule has 3 aromatic rings. The fourth-order valence-electron chi connectivity index (χ4n) is 6.32. The average molecular weight is 1070 g/mol. The van der Waals surface area contributed by atoms with Crippen LogP contribution in [0.2, 0.25) is 0 Å². The first-order valence-electron chi connectivity index (χ1n) is 16.8. The molecule has 6 rings (SSSR count). The molecule has 0 spiro atoms. The van der Waals surface area contributed by atoms with Crippen LogP contribution in [-0.2, 0) is 58.1 Å². The fraction of sp³-hybridized carbons (Fsp3) is 0.400. The summed E-state index contributed by atoms with van der Waals surface area (Å²) in [4.78, 5) is 31.2. The molecule has 3 aliphatic heterocycles. The minimum atomic E-state index is -1.40. The van der Waals surface area contributed by atoms with Gasteiger partial charge in [-0.05, 0) is 67.6 Å². The van der Waals surface area contributed by atoms with Crippen molar-refractivity contribution in [1.29, 1.82) is 0 Å². The normalized spacial score (nSPS) is 17.5. The van der Waals surface area contributed by atoms with Gasteiger partial charge in [0.25, 0.3) is 5.91 Å². The molecule has 1 atom stereocenters. The number of hydroxylamine groups is 3. The van der Waals surface area contributed by atoms with Crippen LogP contribution in [0.5, 0.6) is 5.75 Å². The van der Waals surface area contributed by atoms with Crippen molar-refractivity contribution < 1.29 is 66.0 Å². The Bertz CT molecular complexity index is 1670. The number of likely N-dealkylation sites (N-methyl/N-ethyl adjacent to an activating group) is 2. The number of para-hydroxylation sites is 1. The topological polar surface area (TPSA) is 144 Å². The van der Waals surface area contributed by atoms with Crippen LogP contribution in [0.1, 0.15) is 23.2 Å². The van der Waals surface area contributed by atoms with E-state index >= 15 is 0 Å². The first-order chi connectivity index (χ1) is 24.1. The van der Waals surface area contributed by atoms with E-state index in [4.69, 9.17) is 15.6 Å². The number of benzene rings is 3. The number of likely N-dealkylation sites (tertiary alicyclic amines) is 1. The third-order valence-electron chi connectivity index (χ3n) is 9.28. The van der Waals surface area contributed by atoms with E-state index in [1.54, 1.807) is 29.1 Å². The molecule has 2 saturated heterocycles. The monoisotopic (exact) mass is 1070 g/mol. The Balaban J connectivity index is 0.00000302. The van der Waals surface area contributed by atoms with Gasteiger partial charge in [-0.25, -0.2) is 15.1 Å². The first-order valence-corrected chi connectivity index (χ1v) is 18.0. The summed E-state index contributed by atoms with van der Waals surface area (Å²) in [7, 11) is 2.45. The Morgan fingerprint density at radius 3 is 2.42 bits per heavy atom. The van der Waals surface area contributed by atoms with Crippen molar-refractivity contribution in [1.82, 2.24) is 25.0 Å². The van der Waals surface area contributed by atoms with Crippen LogP contribution in [0, 0.1) is 0 Å². The smallest absolute Gasteiger partial charge is 0.253 e. The van der Waals surface area contributed by atoms with Gasteiger partial charge in [-0.15, -0.1) is 6.54 Å². The second-order valence-electron chi connectivity index (χ2n) is 12.9. The van der Waals surface area contributed by atoms with Crippen LogP contribution in [0.3, 0.4) is 0 Å². The van der Waals surface area contributed by atoms with E-state index in [-0.39, 0.29) is 54.6 Å². The second kappa shape index (κ2) is 19.2. The quantitative estimate of drug-likeness (QED) is 0.0892. The van der Waals surface area contributed by atoms with Gasteiger partial charge in [0, 0.05) is 111 Å². The van der Waals surface area contributed by atoms with E-state index in [2.05, 4.69) is 33.6 Å². The second-order valence-corrected chi connectivity index (χ2v) is 14.1. The number of carbonyl (C=O) groups excluding carboxylic acids is 1. The summed E-state index contributed by atoms with van der Waals surface area (Å²) in [6, 6.07) is 20.5. The number of nitrogens with one attached hydrogen (secondary N) is 1. The van der Waals surface area contributed by atoms with Crippen molar-refractivity contribution >= 4 is 34.0 Å². The minimum Gasteiger partial charge on any atom is -0.587 e. The van der Waals surface area contributed by atoms with E-state index in [0.29, 0.717) is 49.5 Å². The van der Waals surface area contributed by atoms with E-state index < -0.39 is 16.6 Å². The molecule has 3 aliphatic rings. The number of piperidine rings is 1. The van der Waals surface area contributed by atoms with Gasteiger partial charge in [0.1, 0.15) is 16.7 Å². The summed E-state index contributed by atoms with van der Waals surface area (Å²) in [5, 5.41) is 17.0. The van der Waals surface area contributed by atoms with Gasteiger partial charge in [0.15, 0.2) is 0 Å². The number of hydrogen-bond acceptors (Lipinski definition) is 11. The third kappa shape index (κ3) is 10.8. The zero-order valence-electron chi connectivity index (χ0n) is 29.4. The number of rotatable bonds is 15. The van der Waals surface area contributed by atoms with Gasteiger partial charge >= 0.3 is 0 Å². The number of anilines is 3. The molecule has 3 aromatic carbocycles. The maximum Gasteiger partial charge on any atom is 0.253 e. The molecular formula is C35H46N9O5SW2-. The number of amides is 1. The molecular weight excluding hydrogens is 1030 g/mol. The number of piperazine rings is 1. The Hall–Kier alpha value is -2.52. The average Bonchev–Trinajstić information content (AvgIpc) is 3.85. The number of fused-ring (bicyclic) bond motifs is 1. The summed E-state index contributed by atoms with van der Waals surface area (Å²) in [6.07, 6.45) is 0.773.